The van der Waals surface area contributed by atoms with Crippen LogP contribution in [0.25, 0.3) is 0 Å². The first-order valence-corrected chi connectivity index (χ1v) is 7.68. The van der Waals surface area contributed by atoms with Crippen LogP contribution in [0.15, 0.2) is 53.7 Å². The summed E-state index contributed by atoms with van der Waals surface area (Å²) in [7, 11) is 0. The Hall–Kier alpha value is -4.08. The van der Waals surface area contributed by atoms with Crippen LogP contribution in [0.4, 0.5) is 11.4 Å². The summed E-state index contributed by atoms with van der Waals surface area (Å²) in [6, 6.07) is 17.4. The van der Waals surface area contributed by atoms with Gasteiger partial charge in [0.25, 0.3) is 5.91 Å². The number of aryl methyl sites for hydroxylation is 2. The van der Waals surface area contributed by atoms with Gasteiger partial charge in [-0.2, -0.15) is 15.8 Å². The van der Waals surface area contributed by atoms with Crippen molar-refractivity contribution in [1.29, 1.82) is 15.8 Å². The highest BCUT2D eigenvalue weighted by Crippen LogP contribution is 2.21. The summed E-state index contributed by atoms with van der Waals surface area (Å²) in [6.07, 6.45) is 0. The Morgan fingerprint density at radius 1 is 0.885 bits per heavy atom. The van der Waals surface area contributed by atoms with E-state index in [1.165, 1.54) is 0 Å². The smallest absolute Gasteiger partial charge is 0.257 e. The molecule has 26 heavy (non-hydrogen) atoms. The largest absolute Gasteiger partial charge is 0.344 e. The molecule has 0 radical (unpaired) electrons. The molecule has 1 amide bonds. The Morgan fingerprint density at radius 2 is 1.50 bits per heavy atom. The third-order valence-corrected chi connectivity index (χ3v) is 3.50. The number of para-hydroxylation sites is 1. The lowest BCUT2D eigenvalue weighted by Gasteiger charge is -2.12. The van der Waals surface area contributed by atoms with E-state index < -0.39 is 0 Å². The predicted octanol–water partition coefficient (Wildman–Crippen LogP) is 3.79. The fraction of sp³-hybridized carbons (Fsp3) is 0.100. The summed E-state index contributed by atoms with van der Waals surface area (Å²) in [5.41, 5.74) is 2.76. The molecule has 6 heteroatoms. The van der Waals surface area contributed by atoms with Gasteiger partial charge in [0.15, 0.2) is 5.57 Å². The molecule has 6 nitrogen and oxygen atoms in total. The van der Waals surface area contributed by atoms with Crippen molar-refractivity contribution < 1.29 is 4.79 Å². The van der Waals surface area contributed by atoms with Crippen LogP contribution in [0.2, 0.25) is 0 Å². The zero-order valence-electron chi connectivity index (χ0n) is 14.3. The topological polar surface area (TPSA) is 112 Å². The van der Waals surface area contributed by atoms with Crippen LogP contribution in [0.1, 0.15) is 21.5 Å². The number of rotatable bonds is 4. The van der Waals surface area contributed by atoms with E-state index in [4.69, 9.17) is 10.5 Å². The summed E-state index contributed by atoms with van der Waals surface area (Å²) in [5, 5.41) is 32.6. The van der Waals surface area contributed by atoms with Crippen LogP contribution in [-0.4, -0.2) is 5.91 Å². The molecule has 0 aliphatic heterocycles. The predicted molar refractivity (Wildman–Crippen MR) is 97.8 cm³/mol. The third-order valence-electron chi connectivity index (χ3n) is 3.50. The summed E-state index contributed by atoms with van der Waals surface area (Å²) in [6.45, 7) is 3.88. The van der Waals surface area contributed by atoms with Crippen molar-refractivity contribution in [2.45, 2.75) is 13.8 Å². The highest BCUT2D eigenvalue weighted by atomic mass is 16.1. The second-order valence-electron chi connectivity index (χ2n) is 5.59. The number of hydrogen-bond acceptors (Lipinski definition) is 5. The van der Waals surface area contributed by atoms with Crippen LogP contribution in [0, 0.1) is 47.8 Å². The normalized spacial score (nSPS) is 9.19. The average Bonchev–Trinajstić information content (AvgIpc) is 2.61. The van der Waals surface area contributed by atoms with E-state index >= 15 is 0 Å². The molecule has 0 aliphatic carbocycles. The van der Waals surface area contributed by atoms with E-state index in [9.17, 15) is 10.1 Å². The van der Waals surface area contributed by atoms with Gasteiger partial charge in [-0.25, -0.2) is 0 Å². The average molecular weight is 341 g/mol. The van der Waals surface area contributed by atoms with Crippen molar-refractivity contribution in [3.05, 3.63) is 70.4 Å². The van der Waals surface area contributed by atoms with E-state index in [1.807, 2.05) is 32.0 Å². The Bertz CT molecular complexity index is 979. The summed E-state index contributed by atoms with van der Waals surface area (Å²) >= 11 is 0. The number of benzene rings is 2. The molecule has 0 fully saturated rings. The second-order valence-corrected chi connectivity index (χ2v) is 5.59. The number of carbonyl (C=O) groups excluding carboxylic acids is 1. The monoisotopic (exact) mass is 341 g/mol. The summed E-state index contributed by atoms with van der Waals surface area (Å²) in [4.78, 5) is 12.7. The lowest BCUT2D eigenvalue weighted by molar-refractivity contribution is 0.102. The highest BCUT2D eigenvalue weighted by Gasteiger charge is 2.14. The highest BCUT2D eigenvalue weighted by molar-refractivity contribution is 6.08. The number of allylic oxidation sites excluding steroid dienone is 2. The molecule has 2 N–H and O–H groups in total. The van der Waals surface area contributed by atoms with Gasteiger partial charge >= 0.3 is 0 Å². The van der Waals surface area contributed by atoms with Gasteiger partial charge in [-0.3, -0.25) is 4.79 Å². The number of nitrogens with one attached hydrogen (secondary N) is 2. The quantitative estimate of drug-likeness (QED) is 0.821. The first kappa shape index (κ1) is 18.3. The summed E-state index contributed by atoms with van der Waals surface area (Å²) < 4.78 is 0. The van der Waals surface area contributed by atoms with Gasteiger partial charge in [0.2, 0.25) is 0 Å². The molecule has 2 aromatic rings. The SMILES string of the molecule is Cc1cc(C)cc(NC(=O)c2ccccc2NC(C#N)=C(C#N)C#N)c1. The van der Waals surface area contributed by atoms with Crippen molar-refractivity contribution in [1.82, 2.24) is 0 Å². The Labute approximate surface area is 151 Å². The molecule has 2 rings (SSSR count). The van der Waals surface area contributed by atoms with E-state index in [2.05, 4.69) is 10.6 Å². The lowest BCUT2D eigenvalue weighted by Crippen LogP contribution is -2.15. The van der Waals surface area contributed by atoms with Crippen LogP contribution >= 0.6 is 0 Å². The van der Waals surface area contributed by atoms with Crippen molar-refractivity contribution in [2.24, 2.45) is 0 Å². The van der Waals surface area contributed by atoms with E-state index in [0.717, 1.165) is 11.1 Å². The van der Waals surface area contributed by atoms with Crippen LogP contribution in [0.5, 0.6) is 0 Å². The molecule has 126 valence electrons. The van der Waals surface area contributed by atoms with Crippen molar-refractivity contribution in [2.75, 3.05) is 10.6 Å². The zero-order valence-corrected chi connectivity index (χ0v) is 14.3. The van der Waals surface area contributed by atoms with Crippen LogP contribution in [0.3, 0.4) is 0 Å². The third kappa shape index (κ3) is 4.26. The molecule has 0 aromatic heterocycles. The maximum atomic E-state index is 12.7. The standard InChI is InChI=1S/C20H15N5O/c1-13-7-14(2)9-16(8-13)24-20(26)17-5-3-4-6-18(17)25-19(12-23)15(10-21)11-22/h3-9,25H,1-2H3,(H,24,26). The fourth-order valence-electron chi connectivity index (χ4n) is 2.45. The minimum Gasteiger partial charge on any atom is -0.344 e. The molecule has 0 aliphatic rings. The number of hydrogen-bond donors (Lipinski definition) is 2. The first-order valence-electron chi connectivity index (χ1n) is 7.68. The van der Waals surface area contributed by atoms with Crippen molar-refractivity contribution in [3.63, 3.8) is 0 Å². The molecular formula is C20H15N5O. The first-order chi connectivity index (χ1) is 12.5. The molecule has 0 spiro atoms. The van der Waals surface area contributed by atoms with E-state index in [0.29, 0.717) is 11.4 Å². The van der Waals surface area contributed by atoms with Gasteiger partial charge < -0.3 is 10.6 Å². The zero-order chi connectivity index (χ0) is 19.1. The van der Waals surface area contributed by atoms with Crippen LogP contribution < -0.4 is 10.6 Å². The van der Waals surface area contributed by atoms with Crippen molar-refractivity contribution in [3.8, 4) is 18.2 Å². The van der Waals surface area contributed by atoms with Crippen molar-refractivity contribution >= 4 is 17.3 Å². The summed E-state index contributed by atoms with van der Waals surface area (Å²) in [5.74, 6) is -0.370. The Kier molecular flexibility index (Phi) is 5.72. The van der Waals surface area contributed by atoms with Gasteiger partial charge in [0.1, 0.15) is 23.9 Å². The Morgan fingerprint density at radius 3 is 2.08 bits per heavy atom. The molecule has 0 bridgehead atoms. The maximum Gasteiger partial charge on any atom is 0.257 e. The van der Waals surface area contributed by atoms with Crippen LogP contribution in [-0.2, 0) is 0 Å². The van der Waals surface area contributed by atoms with Gasteiger partial charge in [-0.1, -0.05) is 18.2 Å². The van der Waals surface area contributed by atoms with E-state index in [1.54, 1.807) is 42.5 Å². The van der Waals surface area contributed by atoms with Gasteiger partial charge in [-0.15, -0.1) is 0 Å². The molecular weight excluding hydrogens is 326 g/mol. The van der Waals surface area contributed by atoms with Gasteiger partial charge in [0, 0.05) is 5.69 Å². The van der Waals surface area contributed by atoms with Gasteiger partial charge in [0.05, 0.1) is 11.3 Å². The fourth-order valence-corrected chi connectivity index (χ4v) is 2.45. The molecule has 0 atom stereocenters. The number of nitrogens with zero attached hydrogens (tertiary/aromatic N) is 3. The number of carbonyl (C=O) groups is 1. The molecule has 0 saturated carbocycles. The minimum absolute atomic E-state index is 0.207. The molecule has 0 saturated heterocycles. The lowest BCUT2D eigenvalue weighted by atomic mass is 10.1. The molecule has 2 aromatic carbocycles. The minimum atomic E-state index is -0.370. The second kappa shape index (κ2) is 8.15. The number of anilines is 2. The molecule has 0 unspecified atom stereocenters. The maximum absolute atomic E-state index is 12.7. The number of amides is 1. The molecule has 0 heterocycles. The Balaban J connectivity index is 2.36. The van der Waals surface area contributed by atoms with E-state index in [-0.39, 0.29) is 22.7 Å². The number of nitriles is 3. The van der Waals surface area contributed by atoms with Gasteiger partial charge in [-0.05, 0) is 49.2 Å².